The molecule has 0 bridgehead atoms. The minimum absolute atomic E-state index is 0.0512. The highest BCUT2D eigenvalue weighted by Gasteiger charge is 2.43. The van der Waals surface area contributed by atoms with E-state index in [9.17, 15) is 19.7 Å². The van der Waals surface area contributed by atoms with E-state index in [2.05, 4.69) is 4.98 Å². The number of imidazole rings is 1. The Balaban J connectivity index is 1.82. The first-order valence-corrected chi connectivity index (χ1v) is 8.78. The van der Waals surface area contributed by atoms with Crippen LogP contribution < -0.4 is 0 Å². The van der Waals surface area contributed by atoms with Gasteiger partial charge in [0.2, 0.25) is 11.6 Å². The summed E-state index contributed by atoms with van der Waals surface area (Å²) in [5.74, 6) is -0.314. The second kappa shape index (κ2) is 6.23. The number of nitrogens with zero attached hydrogens (tertiary/aromatic N) is 3. The average molecular weight is 375 g/mol. The molecular formula is C21H17N3O4. The predicted molar refractivity (Wildman–Crippen MR) is 101 cm³/mol. The molecule has 0 amide bonds. The van der Waals surface area contributed by atoms with E-state index in [0.717, 1.165) is 0 Å². The monoisotopic (exact) mass is 375 g/mol. The molecule has 3 aromatic rings. The van der Waals surface area contributed by atoms with Crippen LogP contribution in [-0.2, 0) is 19.0 Å². The van der Waals surface area contributed by atoms with Crippen molar-refractivity contribution in [3.05, 3.63) is 98.6 Å². The van der Waals surface area contributed by atoms with Crippen LogP contribution in [-0.4, -0.2) is 26.0 Å². The second-order valence-electron chi connectivity index (χ2n) is 7.06. The third-order valence-electron chi connectivity index (χ3n) is 5.34. The highest BCUT2D eigenvalue weighted by molar-refractivity contribution is 6.27. The molecule has 1 heterocycles. The number of carbonyl (C=O) groups is 2. The van der Waals surface area contributed by atoms with Gasteiger partial charge in [0.1, 0.15) is 17.2 Å². The number of benzene rings is 2. The average Bonchev–Trinajstić information content (AvgIpc) is 3.03. The molecule has 1 unspecified atom stereocenters. The highest BCUT2D eigenvalue weighted by Crippen LogP contribution is 2.32. The molecule has 0 N–H and O–H groups in total. The summed E-state index contributed by atoms with van der Waals surface area (Å²) in [6.45, 7) is 1.52. The van der Waals surface area contributed by atoms with Crippen LogP contribution in [0.15, 0.2) is 54.6 Å². The number of hydrogen-bond donors (Lipinski definition) is 0. The van der Waals surface area contributed by atoms with E-state index in [1.54, 1.807) is 61.6 Å². The molecule has 7 nitrogen and oxygen atoms in total. The SMILES string of the molecule is Cn1c(CC(C)(c2ccccc2)[N+](=O)[O-])nc2c1C(=O)c1ccccc1C2=O. The normalized spacial score (nSPS) is 14.9. The Kier molecular flexibility index (Phi) is 3.96. The number of rotatable bonds is 4. The molecule has 28 heavy (non-hydrogen) atoms. The minimum atomic E-state index is -1.44. The maximum absolute atomic E-state index is 12.9. The molecule has 7 heteroatoms. The fourth-order valence-electron chi connectivity index (χ4n) is 3.63. The third kappa shape index (κ3) is 2.47. The zero-order chi connectivity index (χ0) is 20.1. The summed E-state index contributed by atoms with van der Waals surface area (Å²) < 4.78 is 1.51. The van der Waals surface area contributed by atoms with Gasteiger partial charge in [0.05, 0.1) is 6.42 Å². The van der Waals surface area contributed by atoms with Crippen molar-refractivity contribution in [3.63, 3.8) is 0 Å². The Morgan fingerprint density at radius 3 is 2.18 bits per heavy atom. The maximum atomic E-state index is 12.9. The van der Waals surface area contributed by atoms with Gasteiger partial charge in [-0.1, -0.05) is 54.6 Å². The lowest BCUT2D eigenvalue weighted by Gasteiger charge is -2.21. The van der Waals surface area contributed by atoms with E-state index in [4.69, 9.17) is 0 Å². The van der Waals surface area contributed by atoms with Gasteiger partial charge in [-0.05, 0) is 0 Å². The smallest absolute Gasteiger partial charge is 0.251 e. The van der Waals surface area contributed by atoms with Gasteiger partial charge in [-0.25, -0.2) is 4.98 Å². The lowest BCUT2D eigenvalue weighted by molar-refractivity contribution is -0.574. The Hall–Kier alpha value is -3.61. The summed E-state index contributed by atoms with van der Waals surface area (Å²) in [6, 6.07) is 15.2. The summed E-state index contributed by atoms with van der Waals surface area (Å²) in [6.07, 6.45) is -0.0512. The third-order valence-corrected chi connectivity index (χ3v) is 5.34. The van der Waals surface area contributed by atoms with E-state index >= 15 is 0 Å². The van der Waals surface area contributed by atoms with Crippen molar-refractivity contribution in [1.29, 1.82) is 0 Å². The summed E-state index contributed by atoms with van der Waals surface area (Å²) in [5, 5.41) is 11.9. The minimum Gasteiger partial charge on any atom is -0.328 e. The van der Waals surface area contributed by atoms with Crippen LogP contribution in [0.3, 0.4) is 0 Å². The second-order valence-corrected chi connectivity index (χ2v) is 7.06. The van der Waals surface area contributed by atoms with E-state index < -0.39 is 5.54 Å². The molecule has 0 saturated carbocycles. The standard InChI is InChI=1S/C21H17N3O4/c1-21(24(27)28,13-8-4-3-5-9-13)12-16-22-17-18(23(16)2)20(26)15-11-7-6-10-14(15)19(17)25/h3-11H,12H2,1-2H3. The van der Waals surface area contributed by atoms with Crippen LogP contribution in [0.25, 0.3) is 0 Å². The number of hydrogen-bond acceptors (Lipinski definition) is 5. The Morgan fingerprint density at radius 2 is 1.57 bits per heavy atom. The molecule has 1 atom stereocenters. The van der Waals surface area contributed by atoms with Crippen LogP contribution in [0.1, 0.15) is 50.4 Å². The maximum Gasteiger partial charge on any atom is 0.251 e. The Bertz CT molecular complexity index is 1130. The topological polar surface area (TPSA) is 95.1 Å². The number of nitro groups is 1. The summed E-state index contributed by atoms with van der Waals surface area (Å²) in [5.41, 5.74) is -0.0409. The van der Waals surface area contributed by atoms with E-state index in [1.807, 2.05) is 0 Å². The van der Waals surface area contributed by atoms with Crippen molar-refractivity contribution >= 4 is 11.6 Å². The first-order chi connectivity index (χ1) is 13.3. The molecule has 0 aliphatic heterocycles. The fraction of sp³-hybridized carbons (Fsp3) is 0.190. The molecule has 140 valence electrons. The number of carbonyl (C=O) groups excluding carboxylic acids is 2. The predicted octanol–water partition coefficient (Wildman–Crippen LogP) is 2.93. The largest absolute Gasteiger partial charge is 0.328 e. The van der Waals surface area contributed by atoms with Gasteiger partial charge < -0.3 is 4.57 Å². The molecule has 1 aromatic heterocycles. The van der Waals surface area contributed by atoms with Crippen molar-refractivity contribution in [3.8, 4) is 0 Å². The van der Waals surface area contributed by atoms with Gasteiger partial charge in [-0.15, -0.1) is 0 Å². The lowest BCUT2D eigenvalue weighted by Crippen LogP contribution is -2.35. The molecule has 4 rings (SSSR count). The van der Waals surface area contributed by atoms with Gasteiger partial charge in [-0.2, -0.15) is 0 Å². The van der Waals surface area contributed by atoms with E-state index in [1.165, 1.54) is 11.5 Å². The molecule has 1 aliphatic rings. The van der Waals surface area contributed by atoms with Gasteiger partial charge in [-0.3, -0.25) is 19.7 Å². The molecule has 0 fully saturated rings. The first-order valence-electron chi connectivity index (χ1n) is 8.78. The molecule has 2 aromatic carbocycles. The van der Waals surface area contributed by atoms with E-state index in [-0.39, 0.29) is 34.3 Å². The van der Waals surface area contributed by atoms with Crippen LogP contribution in [0, 0.1) is 10.1 Å². The van der Waals surface area contributed by atoms with Crippen molar-refractivity contribution in [2.24, 2.45) is 7.05 Å². The molecule has 0 spiro atoms. The lowest BCUT2D eigenvalue weighted by atomic mass is 9.89. The van der Waals surface area contributed by atoms with Crippen molar-refractivity contribution < 1.29 is 14.5 Å². The summed E-state index contributed by atoms with van der Waals surface area (Å²) in [7, 11) is 1.62. The van der Waals surface area contributed by atoms with Gasteiger partial charge in [0.15, 0.2) is 0 Å². The number of fused-ring (bicyclic) bond motifs is 2. The summed E-state index contributed by atoms with van der Waals surface area (Å²) >= 11 is 0. The van der Waals surface area contributed by atoms with Crippen LogP contribution in [0.4, 0.5) is 0 Å². The first kappa shape index (κ1) is 17.8. The number of ketones is 2. The highest BCUT2D eigenvalue weighted by atomic mass is 16.6. The molecule has 0 saturated heterocycles. The Morgan fingerprint density at radius 1 is 1.00 bits per heavy atom. The van der Waals surface area contributed by atoms with E-state index in [0.29, 0.717) is 22.5 Å². The van der Waals surface area contributed by atoms with Crippen molar-refractivity contribution in [2.75, 3.05) is 0 Å². The molecule has 0 radical (unpaired) electrons. The van der Waals surface area contributed by atoms with Crippen LogP contribution in [0.2, 0.25) is 0 Å². The zero-order valence-electron chi connectivity index (χ0n) is 15.4. The zero-order valence-corrected chi connectivity index (χ0v) is 15.4. The number of aromatic nitrogens is 2. The summed E-state index contributed by atoms with van der Waals surface area (Å²) in [4.78, 5) is 41.7. The van der Waals surface area contributed by atoms with Crippen LogP contribution >= 0.6 is 0 Å². The van der Waals surface area contributed by atoms with Gasteiger partial charge >= 0.3 is 0 Å². The fourth-order valence-corrected chi connectivity index (χ4v) is 3.63. The Labute approximate surface area is 160 Å². The van der Waals surface area contributed by atoms with Gasteiger partial charge in [0.25, 0.3) is 5.54 Å². The quantitative estimate of drug-likeness (QED) is 0.404. The van der Waals surface area contributed by atoms with Crippen molar-refractivity contribution in [2.45, 2.75) is 18.9 Å². The molecular weight excluding hydrogens is 358 g/mol. The van der Waals surface area contributed by atoms with Crippen molar-refractivity contribution in [1.82, 2.24) is 9.55 Å². The van der Waals surface area contributed by atoms with Gasteiger partial charge in [0, 0.05) is 35.6 Å². The molecule has 1 aliphatic carbocycles. The van der Waals surface area contributed by atoms with Crippen LogP contribution in [0.5, 0.6) is 0 Å².